The molecular formula is C48H29N3S. The standard InChI is InChI=1S/C48H29N3S/c1-3-13-30(14-4-1)49-39-20-10-8-18-34(39)38-29-32(23-26-42(38)49)51-40-21-11-7-17-33(40)35-25-28-44-46(47(35)51)37-24-27-43-45(48(37)52-44)36-19-9-12-22-41(36)50(43)31-15-5-2-6-16-31/h1-29H. The molecule has 242 valence electrons. The van der Waals surface area contributed by atoms with Gasteiger partial charge in [0.25, 0.3) is 0 Å². The van der Waals surface area contributed by atoms with Gasteiger partial charge in [-0.05, 0) is 72.8 Å². The first-order chi connectivity index (χ1) is 25.8. The Labute approximate surface area is 302 Å². The number of hydrogen-bond donors (Lipinski definition) is 0. The molecule has 0 atom stereocenters. The van der Waals surface area contributed by atoms with E-state index in [2.05, 4.69) is 190 Å². The van der Waals surface area contributed by atoms with Gasteiger partial charge in [0.15, 0.2) is 0 Å². The average Bonchev–Trinajstić information content (AvgIpc) is 3.94. The van der Waals surface area contributed by atoms with Gasteiger partial charge >= 0.3 is 0 Å². The molecule has 0 amide bonds. The van der Waals surface area contributed by atoms with E-state index >= 15 is 0 Å². The van der Waals surface area contributed by atoms with Crippen molar-refractivity contribution in [2.24, 2.45) is 0 Å². The van der Waals surface area contributed by atoms with Crippen molar-refractivity contribution in [1.29, 1.82) is 0 Å². The molecule has 0 unspecified atom stereocenters. The van der Waals surface area contributed by atoms with Gasteiger partial charge in [-0.3, -0.25) is 0 Å². The van der Waals surface area contributed by atoms with Crippen molar-refractivity contribution in [3.05, 3.63) is 176 Å². The summed E-state index contributed by atoms with van der Waals surface area (Å²) >= 11 is 1.92. The minimum atomic E-state index is 1.17. The van der Waals surface area contributed by atoms with Crippen LogP contribution in [0.2, 0.25) is 0 Å². The molecule has 8 aromatic carbocycles. The molecule has 4 heteroatoms. The summed E-state index contributed by atoms with van der Waals surface area (Å²) in [5.74, 6) is 0. The zero-order valence-electron chi connectivity index (χ0n) is 28.0. The van der Waals surface area contributed by atoms with E-state index in [0.29, 0.717) is 0 Å². The summed E-state index contributed by atoms with van der Waals surface area (Å²) in [4.78, 5) is 0. The summed E-state index contributed by atoms with van der Waals surface area (Å²) in [6, 6.07) is 64.4. The largest absolute Gasteiger partial charge is 0.309 e. The van der Waals surface area contributed by atoms with Crippen LogP contribution in [0.4, 0.5) is 0 Å². The van der Waals surface area contributed by atoms with E-state index in [4.69, 9.17) is 0 Å². The lowest BCUT2D eigenvalue weighted by molar-refractivity contribution is 1.17. The van der Waals surface area contributed by atoms with Gasteiger partial charge in [-0.15, -0.1) is 11.3 Å². The van der Waals surface area contributed by atoms with Gasteiger partial charge in [-0.1, -0.05) is 103 Å². The third kappa shape index (κ3) is 3.69. The number of rotatable bonds is 3. The molecule has 0 N–H and O–H groups in total. The minimum Gasteiger partial charge on any atom is -0.309 e. The first-order valence-corrected chi connectivity index (χ1v) is 18.6. The van der Waals surface area contributed by atoms with Crippen LogP contribution in [-0.2, 0) is 0 Å². The summed E-state index contributed by atoms with van der Waals surface area (Å²) < 4.78 is 9.97. The number of hydrogen-bond acceptors (Lipinski definition) is 1. The van der Waals surface area contributed by atoms with Crippen molar-refractivity contribution in [2.75, 3.05) is 0 Å². The normalized spacial score (nSPS) is 12.2. The second-order valence-corrected chi connectivity index (χ2v) is 14.8. The molecule has 0 fully saturated rings. The maximum Gasteiger partial charge on any atom is 0.0634 e. The van der Waals surface area contributed by atoms with Crippen molar-refractivity contribution in [3.63, 3.8) is 0 Å². The second kappa shape index (κ2) is 10.5. The molecular weight excluding hydrogens is 651 g/mol. The van der Waals surface area contributed by atoms with Crippen molar-refractivity contribution < 1.29 is 0 Å². The van der Waals surface area contributed by atoms with Crippen LogP contribution in [0.1, 0.15) is 0 Å². The lowest BCUT2D eigenvalue weighted by Crippen LogP contribution is -1.96. The Bertz CT molecular complexity index is 3390. The fourth-order valence-corrected chi connectivity index (χ4v) is 10.2. The minimum absolute atomic E-state index is 1.17. The van der Waals surface area contributed by atoms with Crippen LogP contribution >= 0.6 is 11.3 Å². The zero-order chi connectivity index (χ0) is 33.9. The average molecular weight is 680 g/mol. The maximum absolute atomic E-state index is 2.52. The molecule has 3 nitrogen and oxygen atoms in total. The Morgan fingerprint density at radius 3 is 1.54 bits per heavy atom. The molecule has 0 aliphatic carbocycles. The second-order valence-electron chi connectivity index (χ2n) is 13.7. The lowest BCUT2D eigenvalue weighted by Gasteiger charge is -2.11. The number of para-hydroxylation sites is 5. The van der Waals surface area contributed by atoms with Crippen LogP contribution in [0, 0.1) is 0 Å². The predicted octanol–water partition coefficient (Wildman–Crippen LogP) is 13.3. The Hall–Kier alpha value is -6.62. The molecule has 4 aromatic heterocycles. The van der Waals surface area contributed by atoms with E-state index in [1.54, 1.807) is 0 Å². The van der Waals surface area contributed by atoms with Crippen molar-refractivity contribution in [3.8, 4) is 17.1 Å². The highest BCUT2D eigenvalue weighted by molar-refractivity contribution is 7.27. The van der Waals surface area contributed by atoms with Crippen LogP contribution < -0.4 is 0 Å². The fourth-order valence-electron chi connectivity index (χ4n) is 8.90. The number of nitrogens with zero attached hydrogens (tertiary/aromatic N) is 3. The van der Waals surface area contributed by atoms with Crippen LogP contribution in [0.25, 0.3) is 103 Å². The lowest BCUT2D eigenvalue weighted by atomic mass is 10.1. The molecule has 0 radical (unpaired) electrons. The van der Waals surface area contributed by atoms with Crippen molar-refractivity contribution in [1.82, 2.24) is 13.7 Å². The van der Waals surface area contributed by atoms with E-state index in [1.165, 1.54) is 103 Å². The Balaban J connectivity index is 1.20. The first kappa shape index (κ1) is 28.1. The van der Waals surface area contributed by atoms with Gasteiger partial charge in [-0.25, -0.2) is 0 Å². The summed E-state index contributed by atoms with van der Waals surface area (Å²) in [5, 5.41) is 10.3. The van der Waals surface area contributed by atoms with Gasteiger partial charge < -0.3 is 13.7 Å². The first-order valence-electron chi connectivity index (χ1n) is 17.8. The summed E-state index contributed by atoms with van der Waals surface area (Å²) in [7, 11) is 0. The van der Waals surface area contributed by atoms with E-state index in [9.17, 15) is 0 Å². The van der Waals surface area contributed by atoms with Crippen molar-refractivity contribution in [2.45, 2.75) is 0 Å². The fraction of sp³-hybridized carbons (Fsp3) is 0. The third-order valence-corrected chi connectivity index (χ3v) is 12.2. The summed E-state index contributed by atoms with van der Waals surface area (Å²) in [5.41, 5.74) is 10.9. The highest BCUT2D eigenvalue weighted by atomic mass is 32.1. The Kier molecular flexibility index (Phi) is 5.65. The molecule has 0 aliphatic rings. The number of benzene rings is 8. The van der Waals surface area contributed by atoms with Crippen LogP contribution in [-0.4, -0.2) is 13.7 Å². The van der Waals surface area contributed by atoms with E-state index in [-0.39, 0.29) is 0 Å². The van der Waals surface area contributed by atoms with E-state index in [1.807, 2.05) is 11.3 Å². The molecule has 0 saturated carbocycles. The van der Waals surface area contributed by atoms with E-state index < -0.39 is 0 Å². The molecule has 0 bridgehead atoms. The van der Waals surface area contributed by atoms with Gasteiger partial charge in [0.05, 0.1) is 33.1 Å². The smallest absolute Gasteiger partial charge is 0.0634 e. The Morgan fingerprint density at radius 2 is 0.827 bits per heavy atom. The molecule has 4 heterocycles. The predicted molar refractivity (Wildman–Crippen MR) is 222 cm³/mol. The van der Waals surface area contributed by atoms with Crippen LogP contribution in [0.5, 0.6) is 0 Å². The number of thiophene rings is 1. The zero-order valence-corrected chi connectivity index (χ0v) is 28.8. The Morgan fingerprint density at radius 1 is 0.308 bits per heavy atom. The number of fused-ring (bicyclic) bond motifs is 14. The van der Waals surface area contributed by atoms with Gasteiger partial charge in [0, 0.05) is 69.6 Å². The summed E-state index contributed by atoms with van der Waals surface area (Å²) in [6.45, 7) is 0. The third-order valence-electron chi connectivity index (χ3n) is 11.0. The van der Waals surface area contributed by atoms with Gasteiger partial charge in [-0.2, -0.15) is 0 Å². The maximum atomic E-state index is 2.52. The molecule has 0 saturated heterocycles. The van der Waals surface area contributed by atoms with Gasteiger partial charge in [0.1, 0.15) is 0 Å². The summed E-state index contributed by atoms with van der Waals surface area (Å²) in [6.07, 6.45) is 0. The van der Waals surface area contributed by atoms with Gasteiger partial charge in [0.2, 0.25) is 0 Å². The molecule has 0 aliphatic heterocycles. The molecule has 0 spiro atoms. The molecule has 12 aromatic rings. The molecule has 52 heavy (non-hydrogen) atoms. The number of aromatic nitrogens is 3. The van der Waals surface area contributed by atoms with E-state index in [0.717, 1.165) is 0 Å². The SMILES string of the molecule is c1ccc(-n2c3ccccc3c3cc(-n4c5ccccc5c5ccc6sc7c(ccc8c7c7ccccc7n8-c7ccccc7)c6c54)ccc32)cc1. The van der Waals surface area contributed by atoms with Crippen LogP contribution in [0.15, 0.2) is 176 Å². The monoisotopic (exact) mass is 679 g/mol. The highest BCUT2D eigenvalue weighted by Crippen LogP contribution is 2.47. The highest BCUT2D eigenvalue weighted by Gasteiger charge is 2.22. The quantitative estimate of drug-likeness (QED) is 0.177. The van der Waals surface area contributed by atoms with Crippen molar-refractivity contribution >= 4 is 96.9 Å². The topological polar surface area (TPSA) is 14.8 Å². The molecule has 12 rings (SSSR count). The van der Waals surface area contributed by atoms with Crippen LogP contribution in [0.3, 0.4) is 0 Å².